The van der Waals surface area contributed by atoms with Gasteiger partial charge in [-0.15, -0.1) is 11.3 Å². The Bertz CT molecular complexity index is 974. The summed E-state index contributed by atoms with van der Waals surface area (Å²) in [5.74, 6) is -2.49. The SMILES string of the molecule is O=C(NNC(=O)c1ccc(Cl)cc1F)c1ccc(-c2ccc(F)cc2)s1. The molecule has 2 N–H and O–H groups in total. The molecule has 132 valence electrons. The van der Waals surface area contributed by atoms with Gasteiger partial charge >= 0.3 is 0 Å². The minimum Gasteiger partial charge on any atom is -0.267 e. The Balaban J connectivity index is 1.65. The minimum absolute atomic E-state index is 0.162. The van der Waals surface area contributed by atoms with Crippen LogP contribution in [0.2, 0.25) is 5.02 Å². The van der Waals surface area contributed by atoms with E-state index in [1.54, 1.807) is 24.3 Å². The first-order valence-corrected chi connectivity index (χ1v) is 8.55. The normalized spacial score (nSPS) is 10.4. The molecule has 26 heavy (non-hydrogen) atoms. The van der Waals surface area contributed by atoms with Crippen molar-refractivity contribution in [2.45, 2.75) is 0 Å². The van der Waals surface area contributed by atoms with Crippen molar-refractivity contribution in [3.05, 3.63) is 81.7 Å². The van der Waals surface area contributed by atoms with Gasteiger partial charge < -0.3 is 0 Å². The summed E-state index contributed by atoms with van der Waals surface area (Å²) < 4.78 is 26.7. The van der Waals surface area contributed by atoms with Gasteiger partial charge in [0.15, 0.2) is 0 Å². The third kappa shape index (κ3) is 4.07. The molecule has 2 aromatic carbocycles. The highest BCUT2D eigenvalue weighted by molar-refractivity contribution is 7.17. The molecule has 1 heterocycles. The number of halogens is 3. The lowest BCUT2D eigenvalue weighted by Crippen LogP contribution is -2.41. The Morgan fingerprint density at radius 1 is 0.885 bits per heavy atom. The summed E-state index contributed by atoms with van der Waals surface area (Å²) in [6.45, 7) is 0. The Kier molecular flexibility index (Phi) is 5.29. The van der Waals surface area contributed by atoms with Crippen LogP contribution in [0.3, 0.4) is 0 Å². The smallest absolute Gasteiger partial charge is 0.267 e. The Morgan fingerprint density at radius 2 is 1.58 bits per heavy atom. The molecule has 0 saturated carbocycles. The summed E-state index contributed by atoms with van der Waals surface area (Å²) >= 11 is 6.81. The number of rotatable bonds is 3. The predicted octanol–water partition coefficient (Wildman–Crippen LogP) is 4.42. The van der Waals surface area contributed by atoms with E-state index in [0.717, 1.165) is 16.5 Å². The monoisotopic (exact) mass is 392 g/mol. The summed E-state index contributed by atoms with van der Waals surface area (Å²) in [6, 6.07) is 12.8. The maximum Gasteiger partial charge on any atom is 0.279 e. The topological polar surface area (TPSA) is 58.2 Å². The first-order valence-electron chi connectivity index (χ1n) is 7.35. The zero-order valence-corrected chi connectivity index (χ0v) is 14.6. The Labute approximate surface area is 156 Å². The van der Waals surface area contributed by atoms with Crippen molar-refractivity contribution in [3.8, 4) is 10.4 Å². The first kappa shape index (κ1) is 18.0. The molecule has 0 bridgehead atoms. The Hall–Kier alpha value is -2.77. The van der Waals surface area contributed by atoms with E-state index in [2.05, 4.69) is 10.9 Å². The molecular formula is C18H11ClF2N2O2S. The molecule has 3 rings (SSSR count). The van der Waals surface area contributed by atoms with Crippen LogP contribution in [-0.4, -0.2) is 11.8 Å². The molecule has 0 radical (unpaired) electrons. The molecule has 0 aliphatic carbocycles. The second kappa shape index (κ2) is 7.63. The van der Waals surface area contributed by atoms with Crippen LogP contribution in [-0.2, 0) is 0 Å². The van der Waals surface area contributed by atoms with Crippen LogP contribution >= 0.6 is 22.9 Å². The van der Waals surface area contributed by atoms with Crippen molar-refractivity contribution in [1.82, 2.24) is 10.9 Å². The van der Waals surface area contributed by atoms with E-state index in [9.17, 15) is 18.4 Å². The minimum atomic E-state index is -0.803. The number of hydrogen-bond donors (Lipinski definition) is 2. The van der Waals surface area contributed by atoms with E-state index >= 15 is 0 Å². The molecule has 1 aromatic heterocycles. The highest BCUT2D eigenvalue weighted by atomic mass is 35.5. The Morgan fingerprint density at radius 3 is 2.27 bits per heavy atom. The largest absolute Gasteiger partial charge is 0.279 e. The van der Waals surface area contributed by atoms with Crippen LogP contribution < -0.4 is 10.9 Å². The predicted molar refractivity (Wildman–Crippen MR) is 96.1 cm³/mol. The maximum atomic E-state index is 13.7. The van der Waals surface area contributed by atoms with Gasteiger partial charge in [0.25, 0.3) is 11.8 Å². The fraction of sp³-hybridized carbons (Fsp3) is 0. The van der Waals surface area contributed by atoms with Crippen LogP contribution in [0.1, 0.15) is 20.0 Å². The summed E-state index contributed by atoms with van der Waals surface area (Å²) in [7, 11) is 0. The summed E-state index contributed by atoms with van der Waals surface area (Å²) in [5.41, 5.74) is 4.90. The van der Waals surface area contributed by atoms with Gasteiger partial charge in [-0.05, 0) is 48.0 Å². The number of hydrazine groups is 1. The molecule has 0 atom stereocenters. The lowest BCUT2D eigenvalue weighted by Gasteiger charge is -2.07. The van der Waals surface area contributed by atoms with Gasteiger partial charge in [0.1, 0.15) is 11.6 Å². The number of hydrogen-bond acceptors (Lipinski definition) is 3. The fourth-order valence-electron chi connectivity index (χ4n) is 2.15. The molecule has 0 saturated heterocycles. The molecule has 0 aliphatic heterocycles. The quantitative estimate of drug-likeness (QED) is 0.648. The molecular weight excluding hydrogens is 382 g/mol. The van der Waals surface area contributed by atoms with Crippen LogP contribution in [0.5, 0.6) is 0 Å². The maximum absolute atomic E-state index is 13.7. The summed E-state index contributed by atoms with van der Waals surface area (Å²) in [5, 5.41) is 0.162. The van der Waals surface area contributed by atoms with Crippen LogP contribution in [0.4, 0.5) is 8.78 Å². The lowest BCUT2D eigenvalue weighted by molar-refractivity contribution is 0.0846. The third-order valence-corrected chi connectivity index (χ3v) is 4.79. The molecule has 4 nitrogen and oxygen atoms in total. The van der Waals surface area contributed by atoms with E-state index in [1.807, 2.05) is 0 Å². The molecule has 0 unspecified atom stereocenters. The molecule has 0 fully saturated rings. The van der Waals surface area contributed by atoms with E-state index in [-0.39, 0.29) is 16.4 Å². The van der Waals surface area contributed by atoms with E-state index in [1.165, 1.54) is 35.6 Å². The van der Waals surface area contributed by atoms with Crippen molar-refractivity contribution in [2.75, 3.05) is 0 Å². The van der Waals surface area contributed by atoms with Gasteiger partial charge in [-0.3, -0.25) is 20.4 Å². The highest BCUT2D eigenvalue weighted by Gasteiger charge is 2.15. The van der Waals surface area contributed by atoms with Gasteiger partial charge in [-0.1, -0.05) is 23.7 Å². The summed E-state index contributed by atoms with van der Waals surface area (Å²) in [6.07, 6.45) is 0. The zero-order valence-electron chi connectivity index (χ0n) is 13.1. The molecule has 0 aliphatic rings. The van der Waals surface area contributed by atoms with Gasteiger partial charge in [0.05, 0.1) is 10.4 Å². The average Bonchev–Trinajstić information content (AvgIpc) is 3.10. The fourth-order valence-corrected chi connectivity index (χ4v) is 3.21. The second-order valence-corrected chi connectivity index (χ2v) is 6.72. The van der Waals surface area contributed by atoms with Crippen LogP contribution in [0.15, 0.2) is 54.6 Å². The van der Waals surface area contributed by atoms with Crippen molar-refractivity contribution < 1.29 is 18.4 Å². The van der Waals surface area contributed by atoms with Crippen molar-refractivity contribution in [2.24, 2.45) is 0 Å². The van der Waals surface area contributed by atoms with Crippen molar-refractivity contribution in [3.63, 3.8) is 0 Å². The lowest BCUT2D eigenvalue weighted by atomic mass is 10.2. The van der Waals surface area contributed by atoms with Gasteiger partial charge in [-0.2, -0.15) is 0 Å². The number of nitrogens with one attached hydrogen (secondary N) is 2. The number of carbonyl (C=O) groups is 2. The number of benzene rings is 2. The summed E-state index contributed by atoms with van der Waals surface area (Å²) in [4.78, 5) is 25.2. The molecule has 0 spiro atoms. The third-order valence-electron chi connectivity index (χ3n) is 3.42. The van der Waals surface area contributed by atoms with Gasteiger partial charge in [-0.25, -0.2) is 8.78 Å². The zero-order chi connectivity index (χ0) is 18.7. The van der Waals surface area contributed by atoms with Gasteiger partial charge in [0, 0.05) is 9.90 Å². The first-order chi connectivity index (χ1) is 12.4. The number of amides is 2. The van der Waals surface area contributed by atoms with Crippen LogP contribution in [0.25, 0.3) is 10.4 Å². The van der Waals surface area contributed by atoms with E-state index in [0.29, 0.717) is 4.88 Å². The average molecular weight is 393 g/mol. The van der Waals surface area contributed by atoms with E-state index in [4.69, 9.17) is 11.6 Å². The molecule has 8 heteroatoms. The standard InChI is InChI=1S/C18H11ClF2N2O2S/c19-11-3-6-13(14(21)9-11)17(24)22-23-18(25)16-8-7-15(26-16)10-1-4-12(20)5-2-10/h1-9H,(H,22,24)(H,23,25). The van der Waals surface area contributed by atoms with Crippen molar-refractivity contribution in [1.29, 1.82) is 0 Å². The molecule has 3 aromatic rings. The van der Waals surface area contributed by atoms with Crippen molar-refractivity contribution >= 4 is 34.8 Å². The second-order valence-electron chi connectivity index (χ2n) is 5.20. The van der Waals surface area contributed by atoms with Gasteiger partial charge in [0.2, 0.25) is 0 Å². The number of carbonyl (C=O) groups excluding carboxylic acids is 2. The van der Waals surface area contributed by atoms with E-state index < -0.39 is 17.6 Å². The highest BCUT2D eigenvalue weighted by Crippen LogP contribution is 2.28. The number of thiophene rings is 1. The molecule has 2 amide bonds. The van der Waals surface area contributed by atoms with Crippen LogP contribution in [0, 0.1) is 11.6 Å².